The molecule has 5 rings (SSSR count). The number of hydrogen-bond acceptors (Lipinski definition) is 4. The molecule has 0 saturated carbocycles. The summed E-state index contributed by atoms with van der Waals surface area (Å²) in [5.74, 6) is 0.694. The molecule has 1 aliphatic rings. The number of nitrogens with zero attached hydrogens (tertiary/aromatic N) is 5. The fourth-order valence-electron chi connectivity index (χ4n) is 4.38. The number of fused-ring (bicyclic) bond motifs is 3. The zero-order valence-electron chi connectivity index (χ0n) is 17.5. The highest BCUT2D eigenvalue weighted by Crippen LogP contribution is 2.20. The summed E-state index contributed by atoms with van der Waals surface area (Å²) in [4.78, 5) is 20.3. The molecule has 0 atom stereocenters. The Labute approximate surface area is 180 Å². The highest BCUT2D eigenvalue weighted by atomic mass is 16.1. The van der Waals surface area contributed by atoms with Crippen molar-refractivity contribution in [3.63, 3.8) is 0 Å². The minimum atomic E-state index is 0.0322. The lowest BCUT2D eigenvalue weighted by atomic mass is 10.0. The Bertz CT molecular complexity index is 1360. The molecule has 0 fully saturated rings. The van der Waals surface area contributed by atoms with Gasteiger partial charge in [-0.3, -0.25) is 18.7 Å². The quantitative estimate of drug-likeness (QED) is 0.519. The molecule has 0 unspecified atom stereocenters. The maximum atomic E-state index is 13.5. The summed E-state index contributed by atoms with van der Waals surface area (Å²) in [6.45, 7) is 4.72. The number of hydrogen-bond donors (Lipinski definition) is 0. The van der Waals surface area contributed by atoms with Gasteiger partial charge >= 0.3 is 0 Å². The Morgan fingerprint density at radius 1 is 1.10 bits per heavy atom. The van der Waals surface area contributed by atoms with E-state index in [0.717, 1.165) is 35.3 Å². The van der Waals surface area contributed by atoms with Crippen LogP contribution in [0.3, 0.4) is 0 Å². The highest BCUT2D eigenvalue weighted by Gasteiger charge is 2.24. The lowest BCUT2D eigenvalue weighted by Crippen LogP contribution is -2.38. The van der Waals surface area contributed by atoms with E-state index in [-0.39, 0.29) is 5.56 Å². The van der Waals surface area contributed by atoms with Crippen LogP contribution in [0.25, 0.3) is 5.78 Å². The molecule has 31 heavy (non-hydrogen) atoms. The third-order valence-corrected chi connectivity index (χ3v) is 5.98. The smallest absolute Gasteiger partial charge is 0.259 e. The molecule has 0 spiro atoms. The number of aryl methyl sites for hydroxylation is 1. The van der Waals surface area contributed by atoms with Crippen LogP contribution in [0.5, 0.6) is 0 Å². The van der Waals surface area contributed by atoms with Gasteiger partial charge in [0.2, 0.25) is 5.78 Å². The second-order valence-electron chi connectivity index (χ2n) is 8.17. The van der Waals surface area contributed by atoms with Crippen molar-refractivity contribution in [1.29, 1.82) is 5.26 Å². The highest BCUT2D eigenvalue weighted by molar-refractivity contribution is 5.39. The van der Waals surface area contributed by atoms with Gasteiger partial charge in [-0.15, -0.1) is 0 Å². The van der Waals surface area contributed by atoms with Crippen LogP contribution in [0.2, 0.25) is 0 Å². The number of imidazole rings is 1. The van der Waals surface area contributed by atoms with Crippen LogP contribution in [-0.4, -0.2) is 25.4 Å². The third kappa shape index (κ3) is 3.65. The standard InChI is InChI=1S/C25H23N5O/c1-18-5-7-19(8-6-18)16-30-24(31)22-17-28(15-21-4-2-3-20(13-21)14-26)11-9-23(22)29-12-10-27-25(29)30/h2-8,10,12-13H,9,11,15-17H2,1H3. The van der Waals surface area contributed by atoms with Crippen molar-refractivity contribution in [2.75, 3.05) is 6.54 Å². The van der Waals surface area contributed by atoms with Crippen LogP contribution >= 0.6 is 0 Å². The number of nitriles is 1. The topological polar surface area (TPSA) is 66.3 Å². The van der Waals surface area contributed by atoms with Crippen LogP contribution in [-0.2, 0) is 26.1 Å². The van der Waals surface area contributed by atoms with Gasteiger partial charge in [-0.25, -0.2) is 4.98 Å². The van der Waals surface area contributed by atoms with Gasteiger partial charge in [0.05, 0.1) is 23.7 Å². The van der Waals surface area contributed by atoms with Gasteiger partial charge in [0, 0.05) is 44.1 Å². The lowest BCUT2D eigenvalue weighted by molar-refractivity contribution is 0.240. The van der Waals surface area contributed by atoms with Crippen LogP contribution in [0.4, 0.5) is 0 Å². The first-order valence-electron chi connectivity index (χ1n) is 10.5. The molecule has 0 saturated heterocycles. The van der Waals surface area contributed by atoms with Crippen molar-refractivity contribution < 1.29 is 0 Å². The predicted molar refractivity (Wildman–Crippen MR) is 119 cm³/mol. The molecule has 154 valence electrons. The number of aromatic nitrogens is 3. The second-order valence-corrected chi connectivity index (χ2v) is 8.17. The molecule has 6 nitrogen and oxygen atoms in total. The van der Waals surface area contributed by atoms with E-state index in [2.05, 4.69) is 51.5 Å². The van der Waals surface area contributed by atoms with Gasteiger partial charge in [-0.2, -0.15) is 5.26 Å². The molecule has 3 heterocycles. The summed E-state index contributed by atoms with van der Waals surface area (Å²) in [5.41, 5.74) is 5.95. The third-order valence-electron chi connectivity index (χ3n) is 5.98. The fraction of sp³-hybridized carbons (Fsp3) is 0.240. The van der Waals surface area contributed by atoms with E-state index in [1.165, 1.54) is 5.56 Å². The zero-order valence-corrected chi connectivity index (χ0v) is 17.5. The van der Waals surface area contributed by atoms with Gasteiger partial charge in [0.25, 0.3) is 5.56 Å². The number of rotatable bonds is 4. The molecule has 0 N–H and O–H groups in total. The van der Waals surface area contributed by atoms with E-state index in [1.54, 1.807) is 10.8 Å². The Hall–Kier alpha value is -3.69. The van der Waals surface area contributed by atoms with E-state index in [9.17, 15) is 4.79 Å². The largest absolute Gasteiger partial charge is 0.294 e. The predicted octanol–water partition coefficient (Wildman–Crippen LogP) is 3.28. The van der Waals surface area contributed by atoms with Crippen LogP contribution in [0.1, 0.15) is 33.5 Å². The molecule has 2 aromatic heterocycles. The Morgan fingerprint density at radius 3 is 2.74 bits per heavy atom. The average molecular weight is 409 g/mol. The summed E-state index contributed by atoms with van der Waals surface area (Å²) in [7, 11) is 0. The van der Waals surface area contributed by atoms with Crippen molar-refractivity contribution in [1.82, 2.24) is 18.9 Å². The van der Waals surface area contributed by atoms with Crippen molar-refractivity contribution in [3.05, 3.63) is 105 Å². The molecule has 0 radical (unpaired) electrons. The minimum absolute atomic E-state index is 0.0322. The fourth-order valence-corrected chi connectivity index (χ4v) is 4.38. The van der Waals surface area contributed by atoms with Crippen molar-refractivity contribution in [3.8, 4) is 6.07 Å². The zero-order chi connectivity index (χ0) is 21.4. The van der Waals surface area contributed by atoms with Crippen molar-refractivity contribution in [2.45, 2.75) is 33.0 Å². The lowest BCUT2D eigenvalue weighted by Gasteiger charge is -2.29. The van der Waals surface area contributed by atoms with Crippen LogP contribution in [0, 0.1) is 18.3 Å². The Morgan fingerprint density at radius 2 is 1.94 bits per heavy atom. The summed E-state index contributed by atoms with van der Waals surface area (Å²) in [5, 5.41) is 9.17. The van der Waals surface area contributed by atoms with Gasteiger partial charge in [-0.1, -0.05) is 42.0 Å². The maximum absolute atomic E-state index is 13.5. The van der Waals surface area contributed by atoms with Crippen LogP contribution in [0.15, 0.2) is 65.7 Å². The first-order chi connectivity index (χ1) is 15.1. The van der Waals surface area contributed by atoms with Gasteiger partial charge < -0.3 is 0 Å². The Balaban J connectivity index is 1.50. The van der Waals surface area contributed by atoms with Crippen molar-refractivity contribution in [2.24, 2.45) is 0 Å². The van der Waals surface area contributed by atoms with Crippen LogP contribution < -0.4 is 5.56 Å². The summed E-state index contributed by atoms with van der Waals surface area (Å²) in [6, 6.07) is 18.1. The number of benzene rings is 2. The van der Waals surface area contributed by atoms with E-state index in [4.69, 9.17) is 5.26 Å². The molecule has 6 heteroatoms. The Kier molecular flexibility index (Phi) is 4.89. The normalized spacial score (nSPS) is 13.8. The average Bonchev–Trinajstić information content (AvgIpc) is 3.28. The first-order valence-corrected chi connectivity index (χ1v) is 10.5. The van der Waals surface area contributed by atoms with E-state index >= 15 is 0 Å². The van der Waals surface area contributed by atoms with Gasteiger partial charge in [-0.05, 0) is 30.2 Å². The molecule has 0 aliphatic carbocycles. The van der Waals surface area contributed by atoms with Gasteiger partial charge in [0.1, 0.15) is 0 Å². The molecule has 0 amide bonds. The molecule has 2 aromatic carbocycles. The van der Waals surface area contributed by atoms with E-state index in [0.29, 0.717) is 31.0 Å². The molecule has 0 bridgehead atoms. The summed E-state index contributed by atoms with van der Waals surface area (Å²) >= 11 is 0. The van der Waals surface area contributed by atoms with Gasteiger partial charge in [0.15, 0.2) is 0 Å². The van der Waals surface area contributed by atoms with E-state index < -0.39 is 0 Å². The maximum Gasteiger partial charge on any atom is 0.259 e. The SMILES string of the molecule is Cc1ccc(Cn2c(=O)c3c(n4ccnc24)CCN(Cc2cccc(C#N)c2)C3)cc1. The first kappa shape index (κ1) is 19.3. The van der Waals surface area contributed by atoms with Crippen molar-refractivity contribution >= 4 is 5.78 Å². The monoisotopic (exact) mass is 409 g/mol. The summed E-state index contributed by atoms with van der Waals surface area (Å²) in [6.07, 6.45) is 4.51. The second kappa shape index (κ2) is 7.86. The summed E-state index contributed by atoms with van der Waals surface area (Å²) < 4.78 is 3.85. The van der Waals surface area contributed by atoms with E-state index in [1.807, 2.05) is 30.5 Å². The molecular weight excluding hydrogens is 386 g/mol. The molecular formula is C25H23N5O. The minimum Gasteiger partial charge on any atom is -0.294 e. The molecule has 1 aliphatic heterocycles. The molecule has 4 aromatic rings.